The molecule has 1 fully saturated rings. The van der Waals surface area contributed by atoms with E-state index in [-0.39, 0.29) is 0 Å². The summed E-state index contributed by atoms with van der Waals surface area (Å²) in [6.07, 6.45) is 5.40. The smallest absolute Gasteiger partial charge is 0.328 e. The van der Waals surface area contributed by atoms with E-state index in [1.165, 1.54) is 18.4 Å². The van der Waals surface area contributed by atoms with E-state index < -0.39 is 5.97 Å². The first-order valence-electron chi connectivity index (χ1n) is 5.85. The van der Waals surface area contributed by atoms with Crippen molar-refractivity contribution in [3.8, 4) is 0 Å². The molecule has 17 heavy (non-hydrogen) atoms. The normalized spacial score (nSPS) is 15.6. The molecule has 0 amide bonds. The van der Waals surface area contributed by atoms with Crippen LogP contribution in [0.15, 0.2) is 30.3 Å². The second-order valence-electron chi connectivity index (χ2n) is 4.56. The predicted molar refractivity (Wildman–Crippen MR) is 67.6 cm³/mol. The first kappa shape index (κ1) is 11.9. The van der Waals surface area contributed by atoms with E-state index in [1.807, 2.05) is 12.1 Å². The maximum absolute atomic E-state index is 10.4. The predicted octanol–water partition coefficient (Wildman–Crippen LogP) is 2.38. The molecule has 1 aromatic carbocycles. The third kappa shape index (κ3) is 3.71. The first-order valence-corrected chi connectivity index (χ1v) is 5.85. The Morgan fingerprint density at radius 3 is 2.59 bits per heavy atom. The highest BCUT2D eigenvalue weighted by atomic mass is 16.4. The largest absolute Gasteiger partial charge is 0.478 e. The van der Waals surface area contributed by atoms with Crippen molar-refractivity contribution >= 4 is 12.0 Å². The summed E-state index contributed by atoms with van der Waals surface area (Å²) in [5.41, 5.74) is 2.19. The Morgan fingerprint density at radius 2 is 2.06 bits per heavy atom. The highest BCUT2D eigenvalue weighted by Crippen LogP contribution is 2.26. The van der Waals surface area contributed by atoms with E-state index >= 15 is 0 Å². The van der Waals surface area contributed by atoms with E-state index in [9.17, 15) is 4.79 Å². The van der Waals surface area contributed by atoms with Gasteiger partial charge >= 0.3 is 5.97 Å². The third-order valence-electron chi connectivity index (χ3n) is 3.00. The molecule has 1 aromatic rings. The highest BCUT2D eigenvalue weighted by Gasteiger charge is 2.25. The summed E-state index contributed by atoms with van der Waals surface area (Å²) in [6.45, 7) is 0.966. The maximum Gasteiger partial charge on any atom is 0.328 e. The van der Waals surface area contributed by atoms with E-state index in [0.29, 0.717) is 0 Å². The van der Waals surface area contributed by atoms with Crippen LogP contribution in [-0.2, 0) is 11.3 Å². The molecule has 0 radical (unpaired) electrons. The van der Waals surface area contributed by atoms with Crippen molar-refractivity contribution in [1.82, 2.24) is 4.90 Å². The quantitative estimate of drug-likeness (QED) is 0.791. The minimum Gasteiger partial charge on any atom is -0.478 e. The molecule has 0 spiro atoms. The lowest BCUT2D eigenvalue weighted by molar-refractivity contribution is -0.131. The standard InChI is InChI=1S/C14H17NO2/c1-15(13-7-8-13)10-12-4-2-11(3-5-12)6-9-14(16)17/h2-6,9,13H,7-8,10H2,1H3,(H,16,17). The monoisotopic (exact) mass is 231 g/mol. The zero-order valence-electron chi connectivity index (χ0n) is 9.97. The molecule has 1 N–H and O–H groups in total. The number of aliphatic carboxylic acids is 1. The SMILES string of the molecule is CN(Cc1ccc(C=CC(=O)O)cc1)C1CC1. The van der Waals surface area contributed by atoms with Gasteiger partial charge in [-0.1, -0.05) is 24.3 Å². The number of nitrogens with zero attached hydrogens (tertiary/aromatic N) is 1. The molecule has 0 saturated heterocycles. The molecule has 0 aromatic heterocycles. The van der Waals surface area contributed by atoms with Crippen LogP contribution in [0.1, 0.15) is 24.0 Å². The molecule has 2 rings (SSSR count). The number of rotatable bonds is 5. The molecule has 3 heteroatoms. The van der Waals surface area contributed by atoms with Gasteiger partial charge in [-0.05, 0) is 37.1 Å². The van der Waals surface area contributed by atoms with Gasteiger partial charge in [-0.2, -0.15) is 0 Å². The number of carboxylic acid groups (broad SMARTS) is 1. The second-order valence-corrected chi connectivity index (χ2v) is 4.56. The van der Waals surface area contributed by atoms with Crippen LogP contribution in [0.25, 0.3) is 6.08 Å². The van der Waals surface area contributed by atoms with Gasteiger partial charge < -0.3 is 5.11 Å². The van der Waals surface area contributed by atoms with E-state index in [4.69, 9.17) is 5.11 Å². The average Bonchev–Trinajstić information content (AvgIpc) is 3.12. The lowest BCUT2D eigenvalue weighted by Gasteiger charge is -2.15. The number of carbonyl (C=O) groups is 1. The summed E-state index contributed by atoms with van der Waals surface area (Å²) < 4.78 is 0. The van der Waals surface area contributed by atoms with Gasteiger partial charge in [-0.15, -0.1) is 0 Å². The molecular weight excluding hydrogens is 214 g/mol. The topological polar surface area (TPSA) is 40.5 Å². The Hall–Kier alpha value is -1.61. The van der Waals surface area contributed by atoms with Crippen molar-refractivity contribution < 1.29 is 9.90 Å². The van der Waals surface area contributed by atoms with E-state index in [1.54, 1.807) is 6.08 Å². The molecule has 1 aliphatic carbocycles. The van der Waals surface area contributed by atoms with Gasteiger partial charge in [0.15, 0.2) is 0 Å². The fourth-order valence-corrected chi connectivity index (χ4v) is 1.83. The van der Waals surface area contributed by atoms with Gasteiger partial charge in [0.1, 0.15) is 0 Å². The number of hydrogen-bond acceptors (Lipinski definition) is 2. The molecule has 0 bridgehead atoms. The van der Waals surface area contributed by atoms with Gasteiger partial charge in [-0.3, -0.25) is 4.90 Å². The summed E-state index contributed by atoms with van der Waals surface area (Å²) in [6, 6.07) is 8.79. The van der Waals surface area contributed by atoms with Crippen LogP contribution in [0, 0.1) is 0 Å². The van der Waals surface area contributed by atoms with Gasteiger partial charge in [0, 0.05) is 18.7 Å². The van der Waals surface area contributed by atoms with Crippen molar-refractivity contribution in [3.05, 3.63) is 41.5 Å². The van der Waals surface area contributed by atoms with E-state index in [2.05, 4.69) is 24.1 Å². The van der Waals surface area contributed by atoms with Gasteiger partial charge in [-0.25, -0.2) is 4.79 Å². The van der Waals surface area contributed by atoms with Gasteiger partial charge in [0.25, 0.3) is 0 Å². The summed E-state index contributed by atoms with van der Waals surface area (Å²) in [5.74, 6) is -0.914. The van der Waals surface area contributed by atoms with E-state index in [0.717, 1.165) is 24.2 Å². The lowest BCUT2D eigenvalue weighted by Crippen LogP contribution is -2.19. The fourth-order valence-electron chi connectivity index (χ4n) is 1.83. The molecule has 1 saturated carbocycles. The highest BCUT2D eigenvalue weighted by molar-refractivity contribution is 5.85. The van der Waals surface area contributed by atoms with Crippen LogP contribution in [-0.4, -0.2) is 29.1 Å². The number of benzene rings is 1. The van der Waals surface area contributed by atoms with Gasteiger partial charge in [0.05, 0.1) is 0 Å². The van der Waals surface area contributed by atoms with Crippen LogP contribution >= 0.6 is 0 Å². The van der Waals surface area contributed by atoms with Crippen LogP contribution < -0.4 is 0 Å². The fraction of sp³-hybridized carbons (Fsp3) is 0.357. The van der Waals surface area contributed by atoms with Crippen LogP contribution in [0.4, 0.5) is 0 Å². The minimum atomic E-state index is -0.914. The lowest BCUT2D eigenvalue weighted by atomic mass is 10.1. The summed E-state index contributed by atoms with van der Waals surface area (Å²) in [7, 11) is 2.15. The molecule has 0 aliphatic heterocycles. The van der Waals surface area contributed by atoms with Crippen LogP contribution in [0.2, 0.25) is 0 Å². The zero-order chi connectivity index (χ0) is 12.3. The van der Waals surface area contributed by atoms with Crippen molar-refractivity contribution in [3.63, 3.8) is 0 Å². The Kier molecular flexibility index (Phi) is 3.59. The van der Waals surface area contributed by atoms with Crippen molar-refractivity contribution in [2.45, 2.75) is 25.4 Å². The average molecular weight is 231 g/mol. The molecule has 3 nitrogen and oxygen atoms in total. The molecule has 0 heterocycles. The van der Waals surface area contributed by atoms with Gasteiger partial charge in [0.2, 0.25) is 0 Å². The number of hydrogen-bond donors (Lipinski definition) is 1. The van der Waals surface area contributed by atoms with Crippen molar-refractivity contribution in [2.24, 2.45) is 0 Å². The Morgan fingerprint density at radius 1 is 1.41 bits per heavy atom. The second kappa shape index (κ2) is 5.15. The number of carboxylic acids is 1. The molecule has 0 atom stereocenters. The van der Waals surface area contributed by atoms with Crippen LogP contribution in [0.5, 0.6) is 0 Å². The summed E-state index contributed by atoms with van der Waals surface area (Å²) in [4.78, 5) is 12.7. The van der Waals surface area contributed by atoms with Crippen molar-refractivity contribution in [1.29, 1.82) is 0 Å². The molecule has 0 unspecified atom stereocenters. The molecular formula is C14H17NO2. The minimum absolute atomic E-state index is 0.765. The van der Waals surface area contributed by atoms with Crippen molar-refractivity contribution in [2.75, 3.05) is 7.05 Å². The van der Waals surface area contributed by atoms with Crippen LogP contribution in [0.3, 0.4) is 0 Å². The Balaban J connectivity index is 1.94. The Labute approximate surface area is 101 Å². The summed E-state index contributed by atoms with van der Waals surface area (Å²) >= 11 is 0. The third-order valence-corrected chi connectivity index (χ3v) is 3.00. The first-order chi connectivity index (χ1) is 8.15. The molecule has 1 aliphatic rings. The molecule has 90 valence electrons. The maximum atomic E-state index is 10.4. The zero-order valence-corrected chi connectivity index (χ0v) is 9.97. The summed E-state index contributed by atoms with van der Waals surface area (Å²) in [5, 5.41) is 8.52. The Bertz CT molecular complexity index is 418.